The van der Waals surface area contributed by atoms with Crippen LogP contribution >= 0.6 is 0 Å². The van der Waals surface area contributed by atoms with Gasteiger partial charge in [0.15, 0.2) is 0 Å². The molecule has 4 N–H and O–H groups in total. The molecule has 0 aliphatic heterocycles. The Labute approximate surface area is 284 Å². The smallest absolute Gasteiger partial charge is 0.118 e. The van der Waals surface area contributed by atoms with Crippen molar-refractivity contribution in [1.29, 1.82) is 0 Å². The molecule has 4 heteroatoms. The molecule has 0 spiro atoms. The summed E-state index contributed by atoms with van der Waals surface area (Å²) in [6, 6.07) is 23.5. The minimum atomic E-state index is -0.171. The highest BCUT2D eigenvalue weighted by Gasteiger charge is 2.25. The number of phenolic OH excluding ortho intramolecular Hbond substituents is 4. The first-order valence-electron chi connectivity index (χ1n) is 17.7. The summed E-state index contributed by atoms with van der Waals surface area (Å²) < 4.78 is 0. The van der Waals surface area contributed by atoms with Crippen LogP contribution < -0.4 is 0 Å². The van der Waals surface area contributed by atoms with E-state index in [2.05, 4.69) is 45.0 Å². The van der Waals surface area contributed by atoms with Gasteiger partial charge in [0, 0.05) is 11.3 Å². The monoisotopic (exact) mass is 638 g/mol. The van der Waals surface area contributed by atoms with Crippen LogP contribution in [0.1, 0.15) is 136 Å². The van der Waals surface area contributed by atoms with Crippen LogP contribution in [0.5, 0.6) is 23.0 Å². The van der Waals surface area contributed by atoms with E-state index in [9.17, 15) is 20.4 Å². The molecule has 0 aliphatic carbocycles. The molecule has 0 aliphatic rings. The maximum absolute atomic E-state index is 9.86. The quantitative estimate of drug-likeness (QED) is 0.104. The molecule has 254 valence electrons. The largest absolute Gasteiger partial charge is 0.508 e. The number of benzene rings is 4. The Morgan fingerprint density at radius 3 is 1.32 bits per heavy atom. The van der Waals surface area contributed by atoms with Crippen LogP contribution in [0.15, 0.2) is 72.8 Å². The van der Waals surface area contributed by atoms with Gasteiger partial charge in [0.1, 0.15) is 23.0 Å². The zero-order valence-corrected chi connectivity index (χ0v) is 29.9. The molecule has 0 heterocycles. The third-order valence-electron chi connectivity index (χ3n) is 9.71. The molecule has 0 fully saturated rings. The second kappa shape index (κ2) is 17.8. The maximum Gasteiger partial charge on any atom is 0.118 e. The van der Waals surface area contributed by atoms with E-state index in [1.807, 2.05) is 52.0 Å². The van der Waals surface area contributed by atoms with Gasteiger partial charge in [0.05, 0.1) is 0 Å². The number of aromatic hydroxyl groups is 4. The highest BCUT2D eigenvalue weighted by molar-refractivity contribution is 5.47. The van der Waals surface area contributed by atoms with Crippen molar-refractivity contribution in [3.05, 3.63) is 117 Å². The summed E-state index contributed by atoms with van der Waals surface area (Å²) in [5, 5.41) is 39.4. The fourth-order valence-electron chi connectivity index (χ4n) is 6.30. The van der Waals surface area contributed by atoms with E-state index in [-0.39, 0.29) is 5.41 Å². The fourth-order valence-corrected chi connectivity index (χ4v) is 6.30. The van der Waals surface area contributed by atoms with Crippen LogP contribution in [0.25, 0.3) is 0 Å². The third-order valence-corrected chi connectivity index (χ3v) is 9.71. The number of phenols is 4. The van der Waals surface area contributed by atoms with Gasteiger partial charge in [-0.25, -0.2) is 0 Å². The number of hydrogen-bond acceptors (Lipinski definition) is 4. The molecule has 4 aromatic rings. The van der Waals surface area contributed by atoms with Crippen molar-refractivity contribution in [3.63, 3.8) is 0 Å². The second-order valence-electron chi connectivity index (χ2n) is 13.6. The molecule has 47 heavy (non-hydrogen) atoms. The molecule has 0 atom stereocenters. The van der Waals surface area contributed by atoms with Crippen molar-refractivity contribution in [2.24, 2.45) is 0 Å². The highest BCUT2D eigenvalue weighted by atomic mass is 16.3. The Morgan fingerprint density at radius 1 is 0.511 bits per heavy atom. The van der Waals surface area contributed by atoms with Crippen LogP contribution in [-0.4, -0.2) is 20.4 Å². The molecule has 4 nitrogen and oxygen atoms in total. The minimum absolute atomic E-state index is 0.171. The molecule has 0 aromatic heterocycles. The summed E-state index contributed by atoms with van der Waals surface area (Å²) in [4.78, 5) is 0. The summed E-state index contributed by atoms with van der Waals surface area (Å²) in [5.41, 5.74) is 8.44. The lowest BCUT2D eigenvalue weighted by Crippen LogP contribution is -2.19. The van der Waals surface area contributed by atoms with Crippen molar-refractivity contribution in [3.8, 4) is 23.0 Å². The molecule has 0 radical (unpaired) electrons. The molecule has 0 saturated carbocycles. The van der Waals surface area contributed by atoms with Gasteiger partial charge in [-0.3, -0.25) is 0 Å². The standard InChI is InChI=1S/C24H34O2.C19H24O2/c1-4-5-6-7-8-9-10-11-22(20-12-14-23(25)18(2)16-20)21-13-15-24(26)19(3)17-21;1-5-13-11-15(7-9-17(13)20)19(3,4)16-8-10-18(21)14(6-2)12-16/h12-17,22,25-26H,4-11H2,1-3H3;7-12,20-21H,5-6H2,1-4H3. The van der Waals surface area contributed by atoms with E-state index in [0.717, 1.165) is 41.5 Å². The Hall–Kier alpha value is -3.92. The average Bonchev–Trinajstić information content (AvgIpc) is 3.05. The normalized spacial score (nSPS) is 11.4. The lowest BCUT2D eigenvalue weighted by molar-refractivity contribution is 0.467. The Bertz CT molecular complexity index is 1460. The van der Waals surface area contributed by atoms with Crippen molar-refractivity contribution >= 4 is 0 Å². The molecule has 0 bridgehead atoms. The van der Waals surface area contributed by atoms with E-state index in [4.69, 9.17) is 0 Å². The number of rotatable bonds is 14. The minimum Gasteiger partial charge on any atom is -0.508 e. The average molecular weight is 639 g/mol. The molecule has 0 saturated heterocycles. The molecule has 0 unspecified atom stereocenters. The molecule has 4 rings (SSSR count). The van der Waals surface area contributed by atoms with Crippen LogP contribution in [-0.2, 0) is 18.3 Å². The van der Waals surface area contributed by atoms with E-state index in [1.54, 1.807) is 24.3 Å². The molecular weight excluding hydrogens is 580 g/mol. The topological polar surface area (TPSA) is 80.9 Å². The van der Waals surface area contributed by atoms with Gasteiger partial charge in [-0.2, -0.15) is 0 Å². The Balaban J connectivity index is 0.000000261. The zero-order valence-electron chi connectivity index (χ0n) is 29.9. The van der Waals surface area contributed by atoms with Gasteiger partial charge >= 0.3 is 0 Å². The Kier molecular flexibility index (Phi) is 14.3. The molecule has 0 amide bonds. The predicted octanol–water partition coefficient (Wildman–Crippen LogP) is 11.5. The SMILES string of the molecule is CCCCCCCCCC(c1ccc(O)c(C)c1)c1ccc(O)c(C)c1.CCc1cc(C(C)(C)c2ccc(O)c(CC)c2)ccc1O. The molecule has 4 aromatic carbocycles. The van der Waals surface area contributed by atoms with Gasteiger partial charge in [-0.1, -0.05) is 128 Å². The van der Waals surface area contributed by atoms with Crippen LogP contribution in [0.2, 0.25) is 0 Å². The maximum atomic E-state index is 9.86. The van der Waals surface area contributed by atoms with E-state index < -0.39 is 0 Å². The first-order chi connectivity index (χ1) is 22.4. The summed E-state index contributed by atoms with van der Waals surface area (Å²) >= 11 is 0. The van der Waals surface area contributed by atoms with Crippen molar-refractivity contribution in [1.82, 2.24) is 0 Å². The predicted molar refractivity (Wildman–Crippen MR) is 197 cm³/mol. The first-order valence-corrected chi connectivity index (χ1v) is 17.7. The van der Waals surface area contributed by atoms with E-state index in [1.165, 1.54) is 67.2 Å². The molecular formula is C43H58O4. The van der Waals surface area contributed by atoms with Gasteiger partial charge in [0.2, 0.25) is 0 Å². The number of hydrogen-bond donors (Lipinski definition) is 4. The number of aryl methyl sites for hydroxylation is 4. The van der Waals surface area contributed by atoms with Gasteiger partial charge in [-0.05, 0) is 102 Å². The Morgan fingerprint density at radius 2 is 0.915 bits per heavy atom. The van der Waals surface area contributed by atoms with Gasteiger partial charge in [0.25, 0.3) is 0 Å². The van der Waals surface area contributed by atoms with E-state index >= 15 is 0 Å². The summed E-state index contributed by atoms with van der Waals surface area (Å²) in [6.45, 7) is 14.6. The van der Waals surface area contributed by atoms with Gasteiger partial charge in [-0.15, -0.1) is 0 Å². The lowest BCUT2D eigenvalue weighted by atomic mass is 9.77. The van der Waals surface area contributed by atoms with E-state index in [0.29, 0.717) is 28.9 Å². The fraction of sp³-hybridized carbons (Fsp3) is 0.442. The summed E-state index contributed by atoms with van der Waals surface area (Å²) in [6.07, 6.45) is 11.9. The number of unbranched alkanes of at least 4 members (excludes halogenated alkanes) is 6. The third kappa shape index (κ3) is 10.3. The first kappa shape index (κ1) is 37.5. The summed E-state index contributed by atoms with van der Waals surface area (Å²) in [7, 11) is 0. The van der Waals surface area contributed by atoms with Crippen LogP contribution in [0, 0.1) is 13.8 Å². The summed E-state index contributed by atoms with van der Waals surface area (Å²) in [5.74, 6) is 1.73. The van der Waals surface area contributed by atoms with Crippen molar-refractivity contribution in [2.75, 3.05) is 0 Å². The highest BCUT2D eigenvalue weighted by Crippen LogP contribution is 2.37. The van der Waals surface area contributed by atoms with Gasteiger partial charge < -0.3 is 20.4 Å². The van der Waals surface area contributed by atoms with Crippen molar-refractivity contribution < 1.29 is 20.4 Å². The zero-order chi connectivity index (χ0) is 34.6. The van der Waals surface area contributed by atoms with Crippen LogP contribution in [0.4, 0.5) is 0 Å². The van der Waals surface area contributed by atoms with Crippen molar-refractivity contribution in [2.45, 2.75) is 124 Å². The lowest BCUT2D eigenvalue weighted by Gasteiger charge is -2.27. The second-order valence-corrected chi connectivity index (χ2v) is 13.6. The van der Waals surface area contributed by atoms with Crippen LogP contribution in [0.3, 0.4) is 0 Å².